The van der Waals surface area contributed by atoms with Gasteiger partial charge in [-0.1, -0.05) is 18.1 Å². The Bertz CT molecular complexity index is 1030. The van der Waals surface area contributed by atoms with Crippen LogP contribution in [0.2, 0.25) is 0 Å². The minimum absolute atomic E-state index is 0.0312. The summed E-state index contributed by atoms with van der Waals surface area (Å²) in [6.07, 6.45) is 8.30. The Hall–Kier alpha value is -3.07. The van der Waals surface area contributed by atoms with Gasteiger partial charge in [0.15, 0.2) is 0 Å². The van der Waals surface area contributed by atoms with E-state index >= 15 is 0 Å². The quantitative estimate of drug-likeness (QED) is 0.660. The summed E-state index contributed by atoms with van der Waals surface area (Å²) < 4.78 is 3.80. The van der Waals surface area contributed by atoms with Gasteiger partial charge in [-0.15, -0.1) is 11.5 Å². The summed E-state index contributed by atoms with van der Waals surface area (Å²) in [5.74, 6) is 2.35. The lowest BCUT2D eigenvalue weighted by Crippen LogP contribution is -2.24. The van der Waals surface area contributed by atoms with Crippen molar-refractivity contribution in [3.8, 4) is 18.0 Å². The SMILES string of the molecule is C#CCn1nc2c(=O)n(-c3cccc(C)c3C)ccn2c1=O. The fourth-order valence-corrected chi connectivity index (χ4v) is 2.38. The van der Waals surface area contributed by atoms with E-state index < -0.39 is 5.69 Å². The molecule has 0 bridgehead atoms. The number of fused-ring (bicyclic) bond motifs is 1. The normalized spacial score (nSPS) is 10.8. The van der Waals surface area contributed by atoms with E-state index in [2.05, 4.69) is 11.0 Å². The number of terminal acetylenes is 1. The van der Waals surface area contributed by atoms with E-state index in [0.29, 0.717) is 0 Å². The zero-order chi connectivity index (χ0) is 15.9. The van der Waals surface area contributed by atoms with Crippen molar-refractivity contribution in [1.29, 1.82) is 0 Å². The third-order valence-corrected chi connectivity index (χ3v) is 3.72. The molecule has 0 aliphatic heterocycles. The van der Waals surface area contributed by atoms with Gasteiger partial charge in [0.25, 0.3) is 0 Å². The molecule has 22 heavy (non-hydrogen) atoms. The van der Waals surface area contributed by atoms with E-state index in [1.807, 2.05) is 32.0 Å². The topological polar surface area (TPSA) is 61.3 Å². The highest BCUT2D eigenvalue weighted by molar-refractivity contribution is 5.47. The molecule has 0 saturated heterocycles. The Morgan fingerprint density at radius 1 is 1.23 bits per heavy atom. The fourth-order valence-electron chi connectivity index (χ4n) is 2.38. The van der Waals surface area contributed by atoms with E-state index in [0.717, 1.165) is 21.5 Å². The van der Waals surface area contributed by atoms with Crippen LogP contribution in [0.4, 0.5) is 0 Å². The number of rotatable bonds is 2. The maximum Gasteiger partial charge on any atom is 0.351 e. The lowest BCUT2D eigenvalue weighted by Gasteiger charge is -2.10. The standard InChI is InChI=1S/C16H14N4O2/c1-4-8-20-16(22)19-10-9-18(15(21)14(19)17-20)13-7-5-6-11(2)12(13)3/h1,5-7,9-10H,8H2,2-3H3. The number of aryl methyl sites for hydroxylation is 1. The van der Waals surface area contributed by atoms with Gasteiger partial charge >= 0.3 is 11.2 Å². The fraction of sp³-hybridized carbons (Fsp3) is 0.188. The Morgan fingerprint density at radius 3 is 2.73 bits per heavy atom. The maximum atomic E-state index is 12.6. The summed E-state index contributed by atoms with van der Waals surface area (Å²) in [5.41, 5.74) is 2.14. The second kappa shape index (κ2) is 5.04. The second-order valence-corrected chi connectivity index (χ2v) is 5.03. The van der Waals surface area contributed by atoms with Crippen molar-refractivity contribution in [3.05, 3.63) is 62.6 Å². The van der Waals surface area contributed by atoms with Crippen molar-refractivity contribution < 1.29 is 0 Å². The molecule has 0 N–H and O–H groups in total. The van der Waals surface area contributed by atoms with Gasteiger partial charge in [0.2, 0.25) is 5.65 Å². The number of nitrogens with zero attached hydrogens (tertiary/aromatic N) is 4. The van der Waals surface area contributed by atoms with Gasteiger partial charge in [-0.2, -0.15) is 0 Å². The van der Waals surface area contributed by atoms with Gasteiger partial charge in [0, 0.05) is 12.4 Å². The first-order chi connectivity index (χ1) is 10.5. The van der Waals surface area contributed by atoms with Crippen LogP contribution in [-0.4, -0.2) is 18.7 Å². The number of hydrogen-bond acceptors (Lipinski definition) is 3. The minimum Gasteiger partial charge on any atom is -0.279 e. The summed E-state index contributed by atoms with van der Waals surface area (Å²) in [6, 6.07) is 5.72. The van der Waals surface area contributed by atoms with Crippen LogP contribution in [0.15, 0.2) is 40.2 Å². The van der Waals surface area contributed by atoms with Crippen LogP contribution in [0.5, 0.6) is 0 Å². The second-order valence-electron chi connectivity index (χ2n) is 5.03. The van der Waals surface area contributed by atoms with Gasteiger partial charge < -0.3 is 0 Å². The number of aromatic nitrogens is 4. The molecule has 0 fully saturated rings. The molecule has 0 spiro atoms. The predicted molar refractivity (Wildman–Crippen MR) is 83.4 cm³/mol. The first-order valence-corrected chi connectivity index (χ1v) is 6.75. The molecule has 0 amide bonds. The van der Waals surface area contributed by atoms with Crippen LogP contribution in [0.1, 0.15) is 11.1 Å². The lowest BCUT2D eigenvalue weighted by atomic mass is 10.1. The number of benzene rings is 1. The van der Waals surface area contributed by atoms with Crippen LogP contribution in [0.25, 0.3) is 11.3 Å². The van der Waals surface area contributed by atoms with Gasteiger partial charge in [-0.05, 0) is 31.0 Å². The zero-order valence-corrected chi connectivity index (χ0v) is 12.3. The minimum atomic E-state index is -0.418. The van der Waals surface area contributed by atoms with E-state index in [4.69, 9.17) is 6.42 Å². The molecular formula is C16H14N4O2. The van der Waals surface area contributed by atoms with Crippen LogP contribution in [0.3, 0.4) is 0 Å². The first kappa shape index (κ1) is 13.9. The Morgan fingerprint density at radius 2 is 2.00 bits per heavy atom. The van der Waals surface area contributed by atoms with Crippen molar-refractivity contribution in [2.75, 3.05) is 0 Å². The molecule has 0 atom stereocenters. The highest BCUT2D eigenvalue weighted by atomic mass is 16.2. The average molecular weight is 294 g/mol. The lowest BCUT2D eigenvalue weighted by molar-refractivity contribution is 0.684. The van der Waals surface area contributed by atoms with Crippen LogP contribution in [-0.2, 0) is 6.54 Å². The summed E-state index contributed by atoms with van der Waals surface area (Å²) in [6.45, 7) is 3.96. The van der Waals surface area contributed by atoms with E-state index in [9.17, 15) is 9.59 Å². The molecule has 6 heteroatoms. The van der Waals surface area contributed by atoms with Crippen molar-refractivity contribution in [3.63, 3.8) is 0 Å². The van der Waals surface area contributed by atoms with E-state index in [1.165, 1.54) is 15.2 Å². The molecule has 0 aliphatic carbocycles. The summed E-state index contributed by atoms with van der Waals surface area (Å²) >= 11 is 0. The molecule has 0 radical (unpaired) electrons. The molecular weight excluding hydrogens is 280 g/mol. The Labute approximate surface area is 126 Å². The highest BCUT2D eigenvalue weighted by Crippen LogP contribution is 2.15. The molecule has 6 nitrogen and oxygen atoms in total. The van der Waals surface area contributed by atoms with Gasteiger partial charge in [-0.3, -0.25) is 9.36 Å². The third kappa shape index (κ3) is 1.95. The van der Waals surface area contributed by atoms with Crippen molar-refractivity contribution in [1.82, 2.24) is 18.7 Å². The van der Waals surface area contributed by atoms with Gasteiger partial charge in [0.05, 0.1) is 5.69 Å². The average Bonchev–Trinajstić information content (AvgIpc) is 2.81. The van der Waals surface area contributed by atoms with Gasteiger partial charge in [-0.25, -0.2) is 13.9 Å². The van der Waals surface area contributed by atoms with Crippen LogP contribution < -0.4 is 11.2 Å². The maximum absolute atomic E-state index is 12.6. The molecule has 0 aliphatic rings. The highest BCUT2D eigenvalue weighted by Gasteiger charge is 2.13. The molecule has 1 aromatic carbocycles. The number of hydrogen-bond donors (Lipinski definition) is 0. The molecule has 0 saturated carbocycles. The largest absolute Gasteiger partial charge is 0.351 e. The van der Waals surface area contributed by atoms with Crippen LogP contribution in [0, 0.1) is 26.2 Å². The summed E-state index contributed by atoms with van der Waals surface area (Å²) in [5, 5.41) is 4.03. The molecule has 2 aromatic heterocycles. The third-order valence-electron chi connectivity index (χ3n) is 3.72. The first-order valence-electron chi connectivity index (χ1n) is 6.75. The summed E-state index contributed by atoms with van der Waals surface area (Å²) in [4.78, 5) is 24.7. The van der Waals surface area contributed by atoms with Crippen LogP contribution >= 0.6 is 0 Å². The zero-order valence-electron chi connectivity index (χ0n) is 12.3. The monoisotopic (exact) mass is 294 g/mol. The Balaban J connectivity index is 2.32. The van der Waals surface area contributed by atoms with Gasteiger partial charge in [0.1, 0.15) is 6.54 Å². The molecule has 110 valence electrons. The van der Waals surface area contributed by atoms with Crippen molar-refractivity contribution in [2.24, 2.45) is 0 Å². The molecule has 3 rings (SSSR count). The van der Waals surface area contributed by atoms with E-state index in [-0.39, 0.29) is 17.8 Å². The Kier molecular flexibility index (Phi) is 3.18. The molecule has 3 aromatic rings. The predicted octanol–water partition coefficient (Wildman–Crippen LogP) is 0.897. The van der Waals surface area contributed by atoms with E-state index in [1.54, 1.807) is 6.20 Å². The molecule has 2 heterocycles. The van der Waals surface area contributed by atoms with Crippen molar-refractivity contribution >= 4 is 5.65 Å². The van der Waals surface area contributed by atoms with Crippen molar-refractivity contribution in [2.45, 2.75) is 20.4 Å². The summed E-state index contributed by atoms with van der Waals surface area (Å²) in [7, 11) is 0. The molecule has 0 unspecified atom stereocenters. The smallest absolute Gasteiger partial charge is 0.279 e.